The zero-order chi connectivity index (χ0) is 13.9. The van der Waals surface area contributed by atoms with Gasteiger partial charge in [0.1, 0.15) is 0 Å². The number of rotatable bonds is 4. The van der Waals surface area contributed by atoms with E-state index < -0.39 is 0 Å². The van der Waals surface area contributed by atoms with Crippen molar-refractivity contribution in [2.45, 2.75) is 25.3 Å². The van der Waals surface area contributed by atoms with Crippen molar-refractivity contribution < 1.29 is 0 Å². The predicted molar refractivity (Wildman–Crippen MR) is 82.6 cm³/mol. The molecule has 0 amide bonds. The lowest BCUT2D eigenvalue weighted by molar-refractivity contribution is 0.612. The third kappa shape index (κ3) is 3.00. The molecular weight excluding hydrogens is 293 g/mol. The summed E-state index contributed by atoms with van der Waals surface area (Å²) in [6, 6.07) is 5.69. The lowest BCUT2D eigenvalue weighted by Crippen LogP contribution is -2.12. The molecule has 1 N–H and O–H groups in total. The fraction of sp³-hybridized carbons (Fsp3) is 0.400. The summed E-state index contributed by atoms with van der Waals surface area (Å²) >= 11 is 12.1. The van der Waals surface area contributed by atoms with E-state index in [4.69, 9.17) is 23.2 Å². The molecule has 2 heterocycles. The normalized spacial score (nSPS) is 18.6. The minimum Gasteiger partial charge on any atom is -0.334 e. The Morgan fingerprint density at radius 1 is 1.35 bits per heavy atom. The largest absolute Gasteiger partial charge is 0.334 e. The summed E-state index contributed by atoms with van der Waals surface area (Å²) in [5, 5.41) is 4.82. The van der Waals surface area contributed by atoms with Crippen LogP contribution in [-0.2, 0) is 13.0 Å². The van der Waals surface area contributed by atoms with Crippen molar-refractivity contribution in [1.29, 1.82) is 0 Å². The van der Waals surface area contributed by atoms with Crippen LogP contribution in [-0.4, -0.2) is 22.6 Å². The van der Waals surface area contributed by atoms with E-state index in [-0.39, 0.29) is 0 Å². The highest BCUT2D eigenvalue weighted by Crippen LogP contribution is 2.24. The van der Waals surface area contributed by atoms with Gasteiger partial charge in [0.2, 0.25) is 0 Å². The third-order valence-corrected chi connectivity index (χ3v) is 4.45. The molecule has 1 saturated heterocycles. The molecule has 1 aromatic heterocycles. The summed E-state index contributed by atoms with van der Waals surface area (Å²) in [7, 11) is 0. The van der Waals surface area contributed by atoms with Gasteiger partial charge >= 0.3 is 0 Å². The summed E-state index contributed by atoms with van der Waals surface area (Å²) in [5.41, 5.74) is 2.44. The summed E-state index contributed by atoms with van der Waals surface area (Å²) < 4.78 is 2.24. The number of hydrogen-bond acceptors (Lipinski definition) is 2. The topological polar surface area (TPSA) is 29.9 Å². The van der Waals surface area contributed by atoms with Gasteiger partial charge < -0.3 is 9.88 Å². The van der Waals surface area contributed by atoms with Gasteiger partial charge in [-0.25, -0.2) is 4.98 Å². The Balaban J connectivity index is 1.70. The lowest BCUT2D eigenvalue weighted by atomic mass is 10.1. The molecule has 3 nitrogen and oxygen atoms in total. The molecule has 1 aliphatic rings. The number of imidazole rings is 1. The van der Waals surface area contributed by atoms with Gasteiger partial charge in [-0.05, 0) is 37.1 Å². The van der Waals surface area contributed by atoms with Crippen molar-refractivity contribution in [2.75, 3.05) is 13.1 Å². The summed E-state index contributed by atoms with van der Waals surface area (Å²) in [5.74, 6) is 0.582. The van der Waals surface area contributed by atoms with Gasteiger partial charge in [0.25, 0.3) is 0 Å². The van der Waals surface area contributed by atoms with Crippen molar-refractivity contribution >= 4 is 23.2 Å². The van der Waals surface area contributed by atoms with Crippen molar-refractivity contribution in [2.24, 2.45) is 0 Å². The van der Waals surface area contributed by atoms with Crippen LogP contribution >= 0.6 is 23.2 Å². The molecule has 106 valence electrons. The van der Waals surface area contributed by atoms with E-state index >= 15 is 0 Å². The number of hydrogen-bond donors (Lipinski definition) is 1. The molecule has 0 spiro atoms. The molecular formula is C15H17Cl2N3. The summed E-state index contributed by atoms with van der Waals surface area (Å²) in [6.45, 7) is 3.04. The molecule has 20 heavy (non-hydrogen) atoms. The van der Waals surface area contributed by atoms with Gasteiger partial charge in [-0.2, -0.15) is 0 Å². The van der Waals surface area contributed by atoms with Crippen LogP contribution in [0.1, 0.15) is 23.6 Å². The summed E-state index contributed by atoms with van der Waals surface area (Å²) in [6.07, 6.45) is 5.98. The SMILES string of the molecule is Clc1ccc(CCn2cncc2C2CCNC2)c(Cl)c1. The Kier molecular flexibility index (Phi) is 4.29. The van der Waals surface area contributed by atoms with Crippen LogP contribution in [0.2, 0.25) is 10.0 Å². The van der Waals surface area contributed by atoms with Gasteiger partial charge in [0.15, 0.2) is 0 Å². The van der Waals surface area contributed by atoms with E-state index in [2.05, 4.69) is 14.9 Å². The minimum atomic E-state index is 0.582. The van der Waals surface area contributed by atoms with Gasteiger partial charge in [0.05, 0.1) is 6.33 Å². The van der Waals surface area contributed by atoms with Crippen LogP contribution in [0, 0.1) is 0 Å². The van der Waals surface area contributed by atoms with E-state index in [1.165, 1.54) is 12.1 Å². The monoisotopic (exact) mass is 309 g/mol. The molecule has 2 aromatic rings. The molecule has 5 heteroatoms. The van der Waals surface area contributed by atoms with Crippen LogP contribution in [0.15, 0.2) is 30.7 Å². The Labute approximate surface area is 128 Å². The second-order valence-corrected chi connectivity index (χ2v) is 6.03. The summed E-state index contributed by atoms with van der Waals surface area (Å²) in [4.78, 5) is 4.30. The van der Waals surface area contributed by atoms with E-state index in [1.807, 2.05) is 24.7 Å². The van der Waals surface area contributed by atoms with Crippen LogP contribution < -0.4 is 5.32 Å². The molecule has 1 fully saturated rings. The highest BCUT2D eigenvalue weighted by atomic mass is 35.5. The fourth-order valence-electron chi connectivity index (χ4n) is 2.73. The molecule has 0 saturated carbocycles. The minimum absolute atomic E-state index is 0.582. The molecule has 1 unspecified atom stereocenters. The number of aromatic nitrogens is 2. The maximum absolute atomic E-state index is 6.22. The van der Waals surface area contributed by atoms with Crippen molar-refractivity contribution in [3.63, 3.8) is 0 Å². The zero-order valence-electron chi connectivity index (χ0n) is 11.1. The van der Waals surface area contributed by atoms with Gasteiger partial charge in [-0.3, -0.25) is 0 Å². The van der Waals surface area contributed by atoms with E-state index in [1.54, 1.807) is 6.07 Å². The number of nitrogens with one attached hydrogen (secondary N) is 1. The van der Waals surface area contributed by atoms with Gasteiger partial charge in [0, 0.05) is 40.9 Å². The smallest absolute Gasteiger partial charge is 0.0948 e. The van der Waals surface area contributed by atoms with Crippen LogP contribution in [0.5, 0.6) is 0 Å². The first kappa shape index (κ1) is 13.9. The molecule has 3 rings (SSSR count). The van der Waals surface area contributed by atoms with Crippen LogP contribution in [0.4, 0.5) is 0 Å². The lowest BCUT2D eigenvalue weighted by Gasteiger charge is -2.13. The maximum Gasteiger partial charge on any atom is 0.0948 e. The predicted octanol–water partition coefficient (Wildman–Crippen LogP) is 3.51. The number of benzene rings is 1. The average Bonchev–Trinajstić information content (AvgIpc) is 3.08. The van der Waals surface area contributed by atoms with Gasteiger partial charge in [-0.1, -0.05) is 29.3 Å². The van der Waals surface area contributed by atoms with E-state index in [0.29, 0.717) is 10.9 Å². The Hall–Kier alpha value is -1.03. The van der Waals surface area contributed by atoms with Gasteiger partial charge in [-0.15, -0.1) is 0 Å². The third-order valence-electron chi connectivity index (χ3n) is 3.86. The van der Waals surface area contributed by atoms with Crippen molar-refractivity contribution in [3.8, 4) is 0 Å². The number of halogens is 2. The van der Waals surface area contributed by atoms with Crippen LogP contribution in [0.3, 0.4) is 0 Å². The van der Waals surface area contributed by atoms with E-state index in [9.17, 15) is 0 Å². The second-order valence-electron chi connectivity index (χ2n) is 5.19. The first-order chi connectivity index (χ1) is 9.74. The maximum atomic E-state index is 6.22. The second kappa shape index (κ2) is 6.17. The Morgan fingerprint density at radius 2 is 2.25 bits per heavy atom. The average molecular weight is 310 g/mol. The highest BCUT2D eigenvalue weighted by molar-refractivity contribution is 6.35. The molecule has 1 aromatic carbocycles. The quantitative estimate of drug-likeness (QED) is 0.936. The fourth-order valence-corrected chi connectivity index (χ4v) is 3.23. The molecule has 0 radical (unpaired) electrons. The number of aryl methyl sites for hydroxylation is 2. The van der Waals surface area contributed by atoms with Crippen LogP contribution in [0.25, 0.3) is 0 Å². The first-order valence-electron chi connectivity index (χ1n) is 6.88. The molecule has 0 bridgehead atoms. The molecule has 1 atom stereocenters. The molecule has 1 aliphatic heterocycles. The van der Waals surface area contributed by atoms with E-state index in [0.717, 1.165) is 36.6 Å². The standard InChI is InChI=1S/C15H17Cl2N3/c16-13-2-1-11(14(17)7-13)4-6-20-10-19-9-15(20)12-3-5-18-8-12/h1-2,7,9-10,12,18H,3-6,8H2. The van der Waals surface area contributed by atoms with Crippen molar-refractivity contribution in [3.05, 3.63) is 52.0 Å². The van der Waals surface area contributed by atoms with Crippen molar-refractivity contribution in [1.82, 2.24) is 14.9 Å². The highest BCUT2D eigenvalue weighted by Gasteiger charge is 2.19. The number of nitrogens with zero attached hydrogens (tertiary/aromatic N) is 2. The Bertz CT molecular complexity index is 589. The molecule has 0 aliphatic carbocycles. The zero-order valence-corrected chi connectivity index (χ0v) is 12.7. The Morgan fingerprint density at radius 3 is 3.00 bits per heavy atom. The first-order valence-corrected chi connectivity index (χ1v) is 7.64.